The van der Waals surface area contributed by atoms with Crippen molar-refractivity contribution in [3.05, 3.63) is 58.1 Å². The Morgan fingerprint density at radius 1 is 1.21 bits per heavy atom. The number of amides is 1. The largest absolute Gasteiger partial charge is 0.497 e. The van der Waals surface area contributed by atoms with Gasteiger partial charge in [0.25, 0.3) is 11.6 Å². The van der Waals surface area contributed by atoms with Crippen molar-refractivity contribution < 1.29 is 19.2 Å². The van der Waals surface area contributed by atoms with Crippen LogP contribution < -0.4 is 20.1 Å². The lowest BCUT2D eigenvalue weighted by molar-refractivity contribution is -0.384. The van der Waals surface area contributed by atoms with Crippen LogP contribution in [-0.4, -0.2) is 36.6 Å². The third kappa shape index (κ3) is 4.77. The Kier molecular flexibility index (Phi) is 6.10. The molecule has 0 spiro atoms. The molecule has 1 heterocycles. The van der Waals surface area contributed by atoms with E-state index in [2.05, 4.69) is 17.6 Å². The van der Waals surface area contributed by atoms with Crippen molar-refractivity contribution in [3.63, 3.8) is 0 Å². The van der Waals surface area contributed by atoms with E-state index < -0.39 is 4.92 Å². The molecule has 148 valence electrons. The Morgan fingerprint density at radius 3 is 2.57 bits per heavy atom. The lowest BCUT2D eigenvalue weighted by Crippen LogP contribution is -2.46. The van der Waals surface area contributed by atoms with E-state index in [0.717, 1.165) is 19.4 Å². The minimum atomic E-state index is -0.527. The van der Waals surface area contributed by atoms with Gasteiger partial charge in [0.05, 0.1) is 17.6 Å². The standard InChI is InChI=1S/C20H23N3O5/c1-13-11-14(9-10-21-13)22-20(24)18-12-15(23(25)26)3-8-19(18)28-17-6-4-16(27-2)5-7-17/h3-8,12-14,21H,9-11H2,1-2H3,(H,22,24). The van der Waals surface area contributed by atoms with Crippen LogP contribution in [0.1, 0.15) is 30.1 Å². The topological polar surface area (TPSA) is 103 Å². The maximum absolute atomic E-state index is 12.9. The minimum Gasteiger partial charge on any atom is -0.497 e. The van der Waals surface area contributed by atoms with Crippen molar-refractivity contribution in [2.24, 2.45) is 0 Å². The second kappa shape index (κ2) is 8.71. The van der Waals surface area contributed by atoms with E-state index in [1.165, 1.54) is 18.2 Å². The van der Waals surface area contributed by atoms with Gasteiger partial charge < -0.3 is 20.1 Å². The molecular weight excluding hydrogens is 362 g/mol. The number of piperidine rings is 1. The molecule has 0 aromatic heterocycles. The highest BCUT2D eigenvalue weighted by Gasteiger charge is 2.24. The van der Waals surface area contributed by atoms with Crippen LogP contribution in [0.15, 0.2) is 42.5 Å². The zero-order valence-corrected chi connectivity index (χ0v) is 15.8. The molecular formula is C20H23N3O5. The zero-order valence-electron chi connectivity index (χ0n) is 15.8. The smallest absolute Gasteiger partial charge is 0.270 e. The summed E-state index contributed by atoms with van der Waals surface area (Å²) in [6.45, 7) is 2.88. The first-order chi connectivity index (χ1) is 13.5. The molecule has 1 amide bonds. The van der Waals surface area contributed by atoms with Crippen LogP contribution >= 0.6 is 0 Å². The molecule has 0 saturated carbocycles. The van der Waals surface area contributed by atoms with Crippen LogP contribution in [0.2, 0.25) is 0 Å². The highest BCUT2D eigenvalue weighted by atomic mass is 16.6. The van der Waals surface area contributed by atoms with Crippen molar-refractivity contribution in [2.45, 2.75) is 31.8 Å². The molecule has 1 fully saturated rings. The maximum atomic E-state index is 12.9. The molecule has 0 bridgehead atoms. The van der Waals surface area contributed by atoms with E-state index in [0.29, 0.717) is 17.5 Å². The Hall–Kier alpha value is -3.13. The molecule has 8 heteroatoms. The number of nitrogens with one attached hydrogen (secondary N) is 2. The average Bonchev–Trinajstić information content (AvgIpc) is 2.68. The van der Waals surface area contributed by atoms with Crippen LogP contribution in [0, 0.1) is 10.1 Å². The predicted molar refractivity (Wildman–Crippen MR) is 104 cm³/mol. The first kappa shape index (κ1) is 19.6. The van der Waals surface area contributed by atoms with Gasteiger partial charge in [-0.15, -0.1) is 0 Å². The number of ether oxygens (including phenoxy) is 2. The monoisotopic (exact) mass is 385 g/mol. The van der Waals surface area contributed by atoms with Gasteiger partial charge >= 0.3 is 0 Å². The summed E-state index contributed by atoms with van der Waals surface area (Å²) < 4.78 is 10.9. The normalized spacial score (nSPS) is 18.9. The van der Waals surface area contributed by atoms with Crippen LogP contribution in [0.4, 0.5) is 5.69 Å². The summed E-state index contributed by atoms with van der Waals surface area (Å²) in [5.41, 5.74) is -0.0258. The second-order valence-corrected chi connectivity index (χ2v) is 6.77. The highest BCUT2D eigenvalue weighted by Crippen LogP contribution is 2.30. The van der Waals surface area contributed by atoms with Crippen LogP contribution in [-0.2, 0) is 0 Å². The number of rotatable bonds is 6. The van der Waals surface area contributed by atoms with Crippen molar-refractivity contribution in [3.8, 4) is 17.2 Å². The Morgan fingerprint density at radius 2 is 1.93 bits per heavy atom. The van der Waals surface area contributed by atoms with Gasteiger partial charge in [-0.1, -0.05) is 0 Å². The van der Waals surface area contributed by atoms with Crippen molar-refractivity contribution in [2.75, 3.05) is 13.7 Å². The van der Waals surface area contributed by atoms with Gasteiger partial charge in [-0.25, -0.2) is 0 Å². The van der Waals surface area contributed by atoms with E-state index in [1.54, 1.807) is 31.4 Å². The summed E-state index contributed by atoms with van der Waals surface area (Å²) >= 11 is 0. The molecule has 0 aliphatic carbocycles. The number of non-ortho nitro benzene ring substituents is 1. The van der Waals surface area contributed by atoms with Gasteiger partial charge in [0.2, 0.25) is 0 Å². The number of nitro groups is 1. The average molecular weight is 385 g/mol. The van der Waals surface area contributed by atoms with Gasteiger partial charge in [0.15, 0.2) is 0 Å². The Labute approximate surface area is 163 Å². The van der Waals surface area contributed by atoms with Gasteiger partial charge in [-0.2, -0.15) is 0 Å². The predicted octanol–water partition coefficient (Wildman–Crippen LogP) is 3.27. The summed E-state index contributed by atoms with van der Waals surface area (Å²) in [7, 11) is 1.57. The molecule has 28 heavy (non-hydrogen) atoms. The minimum absolute atomic E-state index is 0.0110. The molecule has 2 N–H and O–H groups in total. The molecule has 2 unspecified atom stereocenters. The first-order valence-corrected chi connectivity index (χ1v) is 9.11. The lowest BCUT2D eigenvalue weighted by Gasteiger charge is -2.28. The number of carbonyl (C=O) groups is 1. The summed E-state index contributed by atoms with van der Waals surface area (Å²) in [6.07, 6.45) is 1.61. The van der Waals surface area contributed by atoms with Gasteiger partial charge in [0, 0.05) is 24.2 Å². The molecule has 8 nitrogen and oxygen atoms in total. The van der Waals surface area contributed by atoms with Crippen molar-refractivity contribution in [1.82, 2.24) is 10.6 Å². The van der Waals surface area contributed by atoms with Crippen molar-refractivity contribution >= 4 is 11.6 Å². The van der Waals surface area contributed by atoms with E-state index in [9.17, 15) is 14.9 Å². The Balaban J connectivity index is 1.84. The van der Waals surface area contributed by atoms with Gasteiger partial charge in [-0.05, 0) is 56.6 Å². The molecule has 2 aromatic carbocycles. The van der Waals surface area contributed by atoms with E-state index in [-0.39, 0.29) is 28.9 Å². The molecule has 2 atom stereocenters. The number of benzene rings is 2. The Bertz CT molecular complexity index is 853. The van der Waals surface area contributed by atoms with E-state index >= 15 is 0 Å². The molecule has 1 aliphatic heterocycles. The molecule has 1 aliphatic rings. The number of hydrogen-bond acceptors (Lipinski definition) is 6. The van der Waals surface area contributed by atoms with Crippen LogP contribution in [0.3, 0.4) is 0 Å². The third-order valence-electron chi connectivity index (χ3n) is 4.66. The maximum Gasteiger partial charge on any atom is 0.270 e. The van der Waals surface area contributed by atoms with E-state index in [4.69, 9.17) is 9.47 Å². The number of nitro benzene ring substituents is 1. The second-order valence-electron chi connectivity index (χ2n) is 6.77. The number of methoxy groups -OCH3 is 1. The molecule has 1 saturated heterocycles. The first-order valence-electron chi connectivity index (χ1n) is 9.11. The number of carbonyl (C=O) groups excluding carboxylic acids is 1. The summed E-state index contributed by atoms with van der Waals surface area (Å²) in [5.74, 6) is 1.05. The van der Waals surface area contributed by atoms with Crippen molar-refractivity contribution in [1.29, 1.82) is 0 Å². The van der Waals surface area contributed by atoms with Crippen LogP contribution in [0.25, 0.3) is 0 Å². The number of nitrogens with zero attached hydrogens (tertiary/aromatic N) is 1. The third-order valence-corrected chi connectivity index (χ3v) is 4.66. The molecule has 3 rings (SSSR count). The highest BCUT2D eigenvalue weighted by molar-refractivity contribution is 5.98. The fourth-order valence-corrected chi connectivity index (χ4v) is 3.19. The van der Waals surface area contributed by atoms with E-state index in [1.807, 2.05) is 0 Å². The fraction of sp³-hybridized carbons (Fsp3) is 0.350. The molecule has 0 radical (unpaired) electrons. The van der Waals surface area contributed by atoms with Crippen LogP contribution in [0.5, 0.6) is 17.2 Å². The number of hydrogen-bond donors (Lipinski definition) is 2. The fourth-order valence-electron chi connectivity index (χ4n) is 3.19. The molecule has 2 aromatic rings. The van der Waals surface area contributed by atoms with Gasteiger partial charge in [-0.3, -0.25) is 14.9 Å². The summed E-state index contributed by atoms with van der Waals surface area (Å²) in [4.78, 5) is 23.5. The lowest BCUT2D eigenvalue weighted by atomic mass is 10.00. The SMILES string of the molecule is COc1ccc(Oc2ccc([N+](=O)[O-])cc2C(=O)NC2CCNC(C)C2)cc1. The zero-order chi connectivity index (χ0) is 20.1. The quantitative estimate of drug-likeness (QED) is 0.584. The van der Waals surface area contributed by atoms with Gasteiger partial charge in [0.1, 0.15) is 17.2 Å². The summed E-state index contributed by atoms with van der Waals surface area (Å²) in [6, 6.07) is 11.2. The summed E-state index contributed by atoms with van der Waals surface area (Å²) in [5, 5.41) is 17.5.